The van der Waals surface area contributed by atoms with Crippen molar-refractivity contribution >= 4 is 0 Å². The lowest BCUT2D eigenvalue weighted by atomic mass is 9.83. The Balaban J connectivity index is 1.96. The van der Waals surface area contributed by atoms with Crippen LogP contribution in [0.5, 0.6) is 0 Å². The molecule has 1 saturated carbocycles. The summed E-state index contributed by atoms with van der Waals surface area (Å²) in [6, 6.07) is 0.378. The average Bonchev–Trinajstić information content (AvgIpc) is 3.13. The predicted octanol–water partition coefficient (Wildman–Crippen LogP) is 2.77. The molecule has 2 unspecified atom stereocenters. The van der Waals surface area contributed by atoms with Crippen molar-refractivity contribution in [2.24, 2.45) is 11.7 Å². The molecular formula is C14H28N2. The lowest BCUT2D eigenvalue weighted by Crippen LogP contribution is -2.59. The lowest BCUT2D eigenvalue weighted by Gasteiger charge is -2.47. The molecule has 0 bridgehead atoms. The number of rotatable bonds is 5. The summed E-state index contributed by atoms with van der Waals surface area (Å²) in [6.45, 7) is 7.23. The van der Waals surface area contributed by atoms with Crippen LogP contribution in [0, 0.1) is 5.92 Å². The van der Waals surface area contributed by atoms with Gasteiger partial charge in [0.25, 0.3) is 0 Å². The molecule has 0 aromatic rings. The van der Waals surface area contributed by atoms with E-state index in [0.29, 0.717) is 6.04 Å². The van der Waals surface area contributed by atoms with Gasteiger partial charge >= 0.3 is 0 Å². The highest BCUT2D eigenvalue weighted by Crippen LogP contribution is 2.37. The molecule has 16 heavy (non-hydrogen) atoms. The third kappa shape index (κ3) is 2.60. The van der Waals surface area contributed by atoms with E-state index in [2.05, 4.69) is 18.7 Å². The molecule has 2 atom stereocenters. The van der Waals surface area contributed by atoms with Gasteiger partial charge in [-0.15, -0.1) is 0 Å². The fourth-order valence-corrected chi connectivity index (χ4v) is 3.09. The van der Waals surface area contributed by atoms with Crippen LogP contribution in [0.25, 0.3) is 0 Å². The van der Waals surface area contributed by atoms with E-state index in [1.807, 2.05) is 0 Å². The Morgan fingerprint density at radius 3 is 2.38 bits per heavy atom. The fraction of sp³-hybridized carbons (Fsp3) is 1.00. The second kappa shape index (κ2) is 5.05. The predicted molar refractivity (Wildman–Crippen MR) is 69.4 cm³/mol. The summed E-state index contributed by atoms with van der Waals surface area (Å²) in [5.41, 5.74) is 6.75. The van der Waals surface area contributed by atoms with Crippen LogP contribution < -0.4 is 5.73 Å². The summed E-state index contributed by atoms with van der Waals surface area (Å²) < 4.78 is 0. The molecule has 1 aliphatic heterocycles. The van der Waals surface area contributed by atoms with Crippen molar-refractivity contribution in [3.8, 4) is 0 Å². The Bertz CT molecular complexity index is 219. The number of nitrogens with two attached hydrogens (primary N) is 1. The van der Waals surface area contributed by atoms with Crippen LogP contribution in [-0.2, 0) is 0 Å². The second-order valence-corrected chi connectivity index (χ2v) is 6.04. The highest BCUT2D eigenvalue weighted by molar-refractivity contribution is 4.97. The van der Waals surface area contributed by atoms with Gasteiger partial charge in [-0.1, -0.05) is 26.2 Å². The minimum Gasteiger partial charge on any atom is -0.326 e. The van der Waals surface area contributed by atoms with Gasteiger partial charge < -0.3 is 5.73 Å². The molecule has 0 amide bonds. The van der Waals surface area contributed by atoms with Crippen molar-refractivity contribution in [2.75, 3.05) is 13.1 Å². The smallest absolute Gasteiger partial charge is 0.0329 e. The van der Waals surface area contributed by atoms with E-state index in [0.717, 1.165) is 5.92 Å². The molecule has 0 aromatic heterocycles. The van der Waals surface area contributed by atoms with Crippen LogP contribution in [0.3, 0.4) is 0 Å². The number of nitrogens with zero attached hydrogens (tertiary/aromatic N) is 1. The van der Waals surface area contributed by atoms with Crippen LogP contribution in [0.4, 0.5) is 0 Å². The van der Waals surface area contributed by atoms with Gasteiger partial charge in [0.1, 0.15) is 0 Å². The molecule has 2 aliphatic rings. The first-order valence-electron chi connectivity index (χ1n) is 7.17. The van der Waals surface area contributed by atoms with Crippen LogP contribution in [-0.4, -0.2) is 29.6 Å². The normalized spacial score (nSPS) is 28.7. The topological polar surface area (TPSA) is 29.3 Å². The third-order valence-electron chi connectivity index (χ3n) is 4.88. The van der Waals surface area contributed by atoms with Crippen molar-refractivity contribution in [1.82, 2.24) is 4.90 Å². The van der Waals surface area contributed by atoms with E-state index in [4.69, 9.17) is 5.73 Å². The quantitative estimate of drug-likeness (QED) is 0.778. The van der Waals surface area contributed by atoms with E-state index in [-0.39, 0.29) is 5.54 Å². The molecule has 2 nitrogen and oxygen atoms in total. The van der Waals surface area contributed by atoms with Crippen molar-refractivity contribution in [1.29, 1.82) is 0 Å². The van der Waals surface area contributed by atoms with E-state index >= 15 is 0 Å². The first kappa shape index (κ1) is 12.4. The van der Waals surface area contributed by atoms with Gasteiger partial charge in [-0.2, -0.15) is 0 Å². The molecule has 2 heteroatoms. The number of hydrogen-bond acceptors (Lipinski definition) is 2. The van der Waals surface area contributed by atoms with Gasteiger partial charge in [-0.25, -0.2) is 0 Å². The molecular weight excluding hydrogens is 196 g/mol. The molecule has 0 spiro atoms. The maximum atomic E-state index is 6.49. The summed E-state index contributed by atoms with van der Waals surface area (Å²) >= 11 is 0. The first-order valence-corrected chi connectivity index (χ1v) is 7.17. The van der Waals surface area contributed by atoms with Gasteiger partial charge in [-0.3, -0.25) is 4.90 Å². The molecule has 0 radical (unpaired) electrons. The molecule has 1 heterocycles. The molecule has 0 aromatic carbocycles. The minimum absolute atomic E-state index is 0.253. The van der Waals surface area contributed by atoms with Crippen LogP contribution in [0.1, 0.15) is 58.8 Å². The molecule has 2 N–H and O–H groups in total. The summed E-state index contributed by atoms with van der Waals surface area (Å²) in [7, 11) is 0. The standard InChI is InChI=1S/C14H28N2/c1-3-14(2,13(15)11-12-7-8-12)16-9-5-4-6-10-16/h12-13H,3-11,15H2,1-2H3. The van der Waals surface area contributed by atoms with E-state index in [1.165, 1.54) is 58.0 Å². The summed E-state index contributed by atoms with van der Waals surface area (Å²) in [5.74, 6) is 0.950. The molecule has 94 valence electrons. The van der Waals surface area contributed by atoms with Gasteiger partial charge in [0, 0.05) is 11.6 Å². The maximum absolute atomic E-state index is 6.49. The van der Waals surface area contributed by atoms with Gasteiger partial charge in [0.2, 0.25) is 0 Å². The molecule has 1 saturated heterocycles. The van der Waals surface area contributed by atoms with Crippen molar-refractivity contribution in [2.45, 2.75) is 70.4 Å². The van der Waals surface area contributed by atoms with Gasteiger partial charge in [0.05, 0.1) is 0 Å². The van der Waals surface area contributed by atoms with Crippen LogP contribution in [0.15, 0.2) is 0 Å². The second-order valence-electron chi connectivity index (χ2n) is 6.04. The first-order chi connectivity index (χ1) is 7.66. The number of piperidine rings is 1. The highest BCUT2D eigenvalue weighted by atomic mass is 15.2. The maximum Gasteiger partial charge on any atom is 0.0329 e. The van der Waals surface area contributed by atoms with Crippen LogP contribution in [0.2, 0.25) is 0 Å². The lowest BCUT2D eigenvalue weighted by molar-refractivity contribution is 0.0506. The Hall–Kier alpha value is -0.0800. The molecule has 2 rings (SSSR count). The van der Waals surface area contributed by atoms with Crippen LogP contribution >= 0.6 is 0 Å². The van der Waals surface area contributed by atoms with Crippen molar-refractivity contribution in [3.63, 3.8) is 0 Å². The van der Waals surface area contributed by atoms with Gasteiger partial charge in [0.15, 0.2) is 0 Å². The molecule has 2 fully saturated rings. The number of hydrogen-bond donors (Lipinski definition) is 1. The van der Waals surface area contributed by atoms with Crippen molar-refractivity contribution in [3.05, 3.63) is 0 Å². The monoisotopic (exact) mass is 224 g/mol. The van der Waals surface area contributed by atoms with Gasteiger partial charge in [-0.05, 0) is 51.6 Å². The SMILES string of the molecule is CCC(C)(C(N)CC1CC1)N1CCCCC1. The zero-order valence-electron chi connectivity index (χ0n) is 11.0. The largest absolute Gasteiger partial charge is 0.326 e. The Morgan fingerprint density at radius 1 is 1.25 bits per heavy atom. The zero-order valence-corrected chi connectivity index (χ0v) is 11.0. The van der Waals surface area contributed by atoms with E-state index < -0.39 is 0 Å². The Morgan fingerprint density at radius 2 is 1.88 bits per heavy atom. The number of likely N-dealkylation sites (tertiary alicyclic amines) is 1. The fourth-order valence-electron chi connectivity index (χ4n) is 3.09. The molecule has 1 aliphatic carbocycles. The summed E-state index contributed by atoms with van der Waals surface area (Å²) in [4.78, 5) is 2.67. The van der Waals surface area contributed by atoms with Crippen molar-refractivity contribution < 1.29 is 0 Å². The third-order valence-corrected chi connectivity index (χ3v) is 4.88. The highest BCUT2D eigenvalue weighted by Gasteiger charge is 2.39. The summed E-state index contributed by atoms with van der Waals surface area (Å²) in [6.07, 6.45) is 9.44. The minimum atomic E-state index is 0.253. The van der Waals surface area contributed by atoms with E-state index in [1.54, 1.807) is 0 Å². The average molecular weight is 224 g/mol. The summed E-state index contributed by atoms with van der Waals surface area (Å²) in [5, 5.41) is 0. The zero-order chi connectivity index (χ0) is 11.6. The van der Waals surface area contributed by atoms with E-state index in [9.17, 15) is 0 Å². The Labute approximate surface area is 101 Å². The Kier molecular flexibility index (Phi) is 3.91.